The van der Waals surface area contributed by atoms with Crippen molar-refractivity contribution < 1.29 is 20.4 Å². The molecule has 4 fully saturated rings. The molecule has 11 unspecified atom stereocenters. The Kier molecular flexibility index (Phi) is 6.30. The van der Waals surface area contributed by atoms with Gasteiger partial charge >= 0.3 is 0 Å². The Hall–Kier alpha value is 0.420. The van der Waals surface area contributed by atoms with E-state index in [2.05, 4.69) is 20.8 Å². The van der Waals surface area contributed by atoms with Crippen LogP contribution in [-0.4, -0.2) is 43.3 Å². The zero-order chi connectivity index (χ0) is 22.1. The zero-order valence-electron chi connectivity index (χ0n) is 18.6. The molecule has 0 aromatic heterocycles. The van der Waals surface area contributed by atoms with Crippen molar-refractivity contribution in [3.63, 3.8) is 0 Å². The van der Waals surface area contributed by atoms with Crippen LogP contribution in [0.4, 0.5) is 0 Å². The minimum atomic E-state index is -1.70. The standard InChI is InChI=1S/C24H40Cl2O4/c1-13(6-9-24(25,26)30)16-4-5-17-21-18(12-20(29)23(16,17)3)22(2)8-7-15(27)10-14(22)11-19(21)28/h13-21,27-30H,4-12H2,1-3H3. The minimum Gasteiger partial charge on any atom is -0.393 e. The minimum absolute atomic E-state index is 0.100. The first-order valence-electron chi connectivity index (χ1n) is 12.0. The number of hydrogen-bond acceptors (Lipinski definition) is 4. The summed E-state index contributed by atoms with van der Waals surface area (Å²) in [6, 6.07) is 0. The maximum absolute atomic E-state index is 11.5. The van der Waals surface area contributed by atoms with Gasteiger partial charge in [0.15, 0.2) is 0 Å². The fraction of sp³-hybridized carbons (Fsp3) is 1.00. The second kappa shape index (κ2) is 8.02. The van der Waals surface area contributed by atoms with Crippen LogP contribution in [0.3, 0.4) is 0 Å². The summed E-state index contributed by atoms with van der Waals surface area (Å²) in [7, 11) is 0. The van der Waals surface area contributed by atoms with Crippen molar-refractivity contribution in [1.82, 2.24) is 0 Å². The summed E-state index contributed by atoms with van der Waals surface area (Å²) in [5.74, 6) is 1.82. The maximum Gasteiger partial charge on any atom is 0.214 e. The highest BCUT2D eigenvalue weighted by Gasteiger charge is 2.65. The molecule has 4 nitrogen and oxygen atoms in total. The van der Waals surface area contributed by atoms with Crippen molar-refractivity contribution in [2.45, 2.75) is 101 Å². The third-order valence-corrected chi connectivity index (χ3v) is 10.8. The summed E-state index contributed by atoms with van der Waals surface area (Å²) in [6.07, 6.45) is 6.28. The Morgan fingerprint density at radius 2 is 1.70 bits per heavy atom. The Labute approximate surface area is 191 Å². The summed E-state index contributed by atoms with van der Waals surface area (Å²) in [5, 5.41) is 42.8. The van der Waals surface area contributed by atoms with Crippen LogP contribution in [0, 0.1) is 46.3 Å². The van der Waals surface area contributed by atoms with E-state index in [1.807, 2.05) is 0 Å². The van der Waals surface area contributed by atoms with Crippen molar-refractivity contribution in [3.05, 3.63) is 0 Å². The van der Waals surface area contributed by atoms with E-state index < -0.39 is 4.52 Å². The van der Waals surface area contributed by atoms with Gasteiger partial charge < -0.3 is 20.4 Å². The normalized spacial score (nSPS) is 52.3. The van der Waals surface area contributed by atoms with Gasteiger partial charge in [-0.2, -0.15) is 0 Å². The van der Waals surface area contributed by atoms with Crippen molar-refractivity contribution in [2.75, 3.05) is 0 Å². The lowest BCUT2D eigenvalue weighted by molar-refractivity contribution is -0.207. The lowest BCUT2D eigenvalue weighted by Gasteiger charge is -2.63. The van der Waals surface area contributed by atoms with E-state index in [-0.39, 0.29) is 35.1 Å². The molecule has 30 heavy (non-hydrogen) atoms. The van der Waals surface area contributed by atoms with Crippen LogP contribution >= 0.6 is 23.2 Å². The van der Waals surface area contributed by atoms with E-state index in [9.17, 15) is 20.4 Å². The third kappa shape index (κ3) is 3.76. The van der Waals surface area contributed by atoms with Crippen LogP contribution in [0.1, 0.15) is 78.6 Å². The number of aliphatic hydroxyl groups excluding tert-OH is 3. The summed E-state index contributed by atoms with van der Waals surface area (Å²) in [5.41, 5.74) is -0.126. The number of alkyl halides is 2. The molecule has 0 spiro atoms. The molecule has 4 N–H and O–H groups in total. The molecule has 4 aliphatic carbocycles. The Balaban J connectivity index is 1.59. The monoisotopic (exact) mass is 462 g/mol. The molecule has 0 aliphatic heterocycles. The summed E-state index contributed by atoms with van der Waals surface area (Å²) in [4.78, 5) is 0. The molecular weight excluding hydrogens is 423 g/mol. The molecule has 11 atom stereocenters. The highest BCUT2D eigenvalue weighted by molar-refractivity contribution is 6.46. The van der Waals surface area contributed by atoms with E-state index in [4.69, 9.17) is 23.2 Å². The predicted octanol–water partition coefficient (Wildman–Crippen LogP) is 4.49. The summed E-state index contributed by atoms with van der Waals surface area (Å²) < 4.78 is -1.70. The van der Waals surface area contributed by atoms with Gasteiger partial charge in [0.05, 0.1) is 18.3 Å². The maximum atomic E-state index is 11.5. The van der Waals surface area contributed by atoms with E-state index in [0.717, 1.165) is 51.4 Å². The number of halogens is 2. The van der Waals surface area contributed by atoms with Crippen LogP contribution in [0.15, 0.2) is 0 Å². The Bertz CT molecular complexity index is 639. The molecule has 0 radical (unpaired) electrons. The van der Waals surface area contributed by atoms with Crippen molar-refractivity contribution in [3.8, 4) is 0 Å². The molecule has 0 saturated heterocycles. The van der Waals surface area contributed by atoms with Crippen LogP contribution in [0.5, 0.6) is 0 Å². The van der Waals surface area contributed by atoms with Crippen LogP contribution < -0.4 is 0 Å². The third-order valence-electron chi connectivity index (χ3n) is 10.4. The van der Waals surface area contributed by atoms with Crippen LogP contribution in [-0.2, 0) is 0 Å². The fourth-order valence-corrected chi connectivity index (χ4v) is 8.95. The van der Waals surface area contributed by atoms with Gasteiger partial charge in [0.2, 0.25) is 4.52 Å². The van der Waals surface area contributed by atoms with Crippen molar-refractivity contribution >= 4 is 23.2 Å². The molecule has 0 heterocycles. The average molecular weight is 463 g/mol. The first kappa shape index (κ1) is 23.6. The van der Waals surface area contributed by atoms with Gasteiger partial charge in [-0.3, -0.25) is 0 Å². The van der Waals surface area contributed by atoms with Crippen molar-refractivity contribution in [2.24, 2.45) is 46.3 Å². The van der Waals surface area contributed by atoms with Gasteiger partial charge in [-0.25, -0.2) is 0 Å². The Morgan fingerprint density at radius 1 is 1.00 bits per heavy atom. The summed E-state index contributed by atoms with van der Waals surface area (Å²) in [6.45, 7) is 6.79. The Morgan fingerprint density at radius 3 is 2.37 bits per heavy atom. The van der Waals surface area contributed by atoms with Crippen molar-refractivity contribution in [1.29, 1.82) is 0 Å². The number of hydrogen-bond donors (Lipinski definition) is 4. The quantitative estimate of drug-likeness (QED) is 0.464. The van der Waals surface area contributed by atoms with Gasteiger partial charge in [-0.1, -0.05) is 44.0 Å². The van der Waals surface area contributed by atoms with Gasteiger partial charge in [-0.05, 0) is 97.7 Å². The lowest BCUT2D eigenvalue weighted by Crippen LogP contribution is -2.62. The smallest absolute Gasteiger partial charge is 0.214 e. The predicted molar refractivity (Wildman–Crippen MR) is 119 cm³/mol. The molecule has 6 heteroatoms. The topological polar surface area (TPSA) is 80.9 Å². The van der Waals surface area contributed by atoms with Gasteiger partial charge in [-0.15, -0.1) is 0 Å². The molecule has 174 valence electrons. The number of aliphatic hydroxyl groups is 4. The van der Waals surface area contributed by atoms with Crippen LogP contribution in [0.25, 0.3) is 0 Å². The van der Waals surface area contributed by atoms with Gasteiger partial charge in [0, 0.05) is 6.42 Å². The molecule has 4 saturated carbocycles. The largest absolute Gasteiger partial charge is 0.393 e. The lowest BCUT2D eigenvalue weighted by atomic mass is 9.43. The van der Waals surface area contributed by atoms with Gasteiger partial charge in [0.25, 0.3) is 0 Å². The zero-order valence-corrected chi connectivity index (χ0v) is 20.1. The van der Waals surface area contributed by atoms with E-state index in [1.54, 1.807) is 0 Å². The summed E-state index contributed by atoms with van der Waals surface area (Å²) >= 11 is 11.6. The second-order valence-electron chi connectivity index (χ2n) is 11.7. The second-order valence-corrected chi connectivity index (χ2v) is 13.2. The molecule has 0 aromatic carbocycles. The molecule has 4 aliphatic rings. The fourth-order valence-electron chi connectivity index (χ4n) is 8.73. The van der Waals surface area contributed by atoms with E-state index in [1.165, 1.54) is 0 Å². The van der Waals surface area contributed by atoms with Crippen LogP contribution in [0.2, 0.25) is 0 Å². The molecule has 0 bridgehead atoms. The van der Waals surface area contributed by atoms with Gasteiger partial charge in [0.1, 0.15) is 0 Å². The number of rotatable bonds is 4. The molecule has 0 aromatic rings. The first-order valence-corrected chi connectivity index (χ1v) is 12.8. The molecule has 0 amide bonds. The highest BCUT2D eigenvalue weighted by atomic mass is 35.5. The molecule has 4 rings (SSSR count). The first-order chi connectivity index (χ1) is 13.9. The van der Waals surface area contributed by atoms with E-state index >= 15 is 0 Å². The van der Waals surface area contributed by atoms with E-state index in [0.29, 0.717) is 36.0 Å². The highest BCUT2D eigenvalue weighted by Crippen LogP contribution is 2.68. The molecular formula is C24H40Cl2O4. The average Bonchev–Trinajstić information content (AvgIpc) is 3.00. The number of fused-ring (bicyclic) bond motifs is 5. The SMILES string of the molecule is CC(CCC(O)(Cl)Cl)C1CCC2C3C(O)CC4CC(O)CCC4(C)C3CC(O)C12C.